The molecule has 1 aliphatic rings. The molecule has 5 N–H and O–H groups in total. The van der Waals surface area contributed by atoms with Crippen molar-refractivity contribution in [2.75, 3.05) is 17.3 Å². The van der Waals surface area contributed by atoms with Gasteiger partial charge in [0.2, 0.25) is 0 Å². The molecule has 1 aliphatic carbocycles. The molecule has 2 rings (SSSR count). The van der Waals surface area contributed by atoms with Gasteiger partial charge in [0.25, 0.3) is 0 Å². The van der Waals surface area contributed by atoms with Gasteiger partial charge in [0.15, 0.2) is 0 Å². The lowest BCUT2D eigenvalue weighted by Crippen LogP contribution is -2.43. The first kappa shape index (κ1) is 13.8. The fourth-order valence-corrected chi connectivity index (χ4v) is 2.32. The highest BCUT2D eigenvalue weighted by Crippen LogP contribution is 2.35. The number of aliphatic hydroxyl groups is 1. The molecule has 4 nitrogen and oxygen atoms in total. The van der Waals surface area contributed by atoms with E-state index >= 15 is 0 Å². The second kappa shape index (κ2) is 5.19. The Hall–Kier alpha value is -1.59. The molecule has 0 bridgehead atoms. The van der Waals surface area contributed by atoms with Crippen molar-refractivity contribution in [3.05, 3.63) is 29.6 Å². The predicted octanol–water partition coefficient (Wildman–Crippen LogP) is 2.39. The fraction of sp³-hybridized carbons (Fsp3) is 0.429. The second-order valence-electron chi connectivity index (χ2n) is 5.11. The maximum absolute atomic E-state index is 14.1. The Bertz CT molecular complexity index is 498. The third-order valence-corrected chi connectivity index (χ3v) is 3.78. The van der Waals surface area contributed by atoms with Crippen LogP contribution in [0, 0.1) is 12.7 Å². The lowest BCUT2D eigenvalue weighted by Gasteiger charge is -2.37. The lowest BCUT2D eigenvalue weighted by molar-refractivity contribution is -0.0201. The van der Waals surface area contributed by atoms with Gasteiger partial charge in [-0.05, 0) is 32.3 Å². The van der Waals surface area contributed by atoms with Crippen LogP contribution in [0.3, 0.4) is 0 Å². The third kappa shape index (κ3) is 2.57. The average molecular weight is 265 g/mol. The van der Waals surface area contributed by atoms with Crippen molar-refractivity contribution in [3.63, 3.8) is 0 Å². The van der Waals surface area contributed by atoms with E-state index in [1.807, 2.05) is 0 Å². The van der Waals surface area contributed by atoms with Gasteiger partial charge in [0.05, 0.1) is 17.0 Å². The Morgan fingerprint density at radius 2 is 2.26 bits per heavy atom. The number of hydrogen-bond donors (Lipinski definition) is 4. The molecule has 5 heteroatoms. The van der Waals surface area contributed by atoms with E-state index in [0.29, 0.717) is 29.0 Å². The minimum atomic E-state index is -0.675. The summed E-state index contributed by atoms with van der Waals surface area (Å²) in [6.45, 7) is 5.65. The van der Waals surface area contributed by atoms with Gasteiger partial charge in [-0.2, -0.15) is 0 Å². The molecule has 19 heavy (non-hydrogen) atoms. The Morgan fingerprint density at radius 3 is 2.74 bits per heavy atom. The number of hydrazine groups is 1. The van der Waals surface area contributed by atoms with Crippen LogP contribution < -0.4 is 16.6 Å². The molecule has 1 aromatic rings. The monoisotopic (exact) mass is 265 g/mol. The maximum Gasteiger partial charge on any atom is 0.135 e. The standard InChI is InChI=1S/C14H20FN3O/c1-3-10-7-11(18-16)13(9(2)12(10)15)17-8-14(19)5-4-6-14/h3,7,17-19H,1,4-6,8,16H2,2H3. The maximum atomic E-state index is 14.1. The smallest absolute Gasteiger partial charge is 0.135 e. The summed E-state index contributed by atoms with van der Waals surface area (Å²) in [4.78, 5) is 0. The van der Waals surface area contributed by atoms with E-state index in [9.17, 15) is 9.50 Å². The first-order chi connectivity index (χ1) is 9.00. The number of rotatable bonds is 5. The van der Waals surface area contributed by atoms with Crippen LogP contribution in [0.2, 0.25) is 0 Å². The summed E-state index contributed by atoms with van der Waals surface area (Å²) < 4.78 is 14.1. The number of hydrogen-bond acceptors (Lipinski definition) is 4. The minimum absolute atomic E-state index is 0.322. The lowest BCUT2D eigenvalue weighted by atomic mass is 9.80. The molecule has 0 amide bonds. The van der Waals surface area contributed by atoms with E-state index < -0.39 is 5.60 Å². The van der Waals surface area contributed by atoms with Crippen molar-refractivity contribution in [2.24, 2.45) is 5.84 Å². The molecule has 0 atom stereocenters. The molecule has 1 aromatic carbocycles. The molecule has 0 aromatic heterocycles. The molecule has 0 aliphatic heterocycles. The summed E-state index contributed by atoms with van der Waals surface area (Å²) in [6.07, 6.45) is 4.03. The van der Waals surface area contributed by atoms with Gasteiger partial charge in [-0.15, -0.1) is 0 Å². The summed E-state index contributed by atoms with van der Waals surface area (Å²) >= 11 is 0. The molecule has 0 unspecified atom stereocenters. The minimum Gasteiger partial charge on any atom is -0.388 e. The average Bonchev–Trinajstić information content (AvgIpc) is 2.38. The molecular weight excluding hydrogens is 245 g/mol. The Kier molecular flexibility index (Phi) is 3.78. The first-order valence-electron chi connectivity index (χ1n) is 6.39. The second-order valence-corrected chi connectivity index (χ2v) is 5.11. The van der Waals surface area contributed by atoms with Crippen LogP contribution in [0.15, 0.2) is 12.6 Å². The number of anilines is 2. The van der Waals surface area contributed by atoms with Crippen molar-refractivity contribution in [1.29, 1.82) is 0 Å². The molecule has 104 valence electrons. The van der Waals surface area contributed by atoms with Crippen molar-refractivity contribution in [2.45, 2.75) is 31.8 Å². The number of nitrogen functional groups attached to an aromatic ring is 1. The van der Waals surface area contributed by atoms with Crippen molar-refractivity contribution < 1.29 is 9.50 Å². The molecule has 1 saturated carbocycles. The highest BCUT2D eigenvalue weighted by Gasteiger charge is 2.34. The van der Waals surface area contributed by atoms with Crippen LogP contribution in [0.5, 0.6) is 0 Å². The largest absolute Gasteiger partial charge is 0.388 e. The normalized spacial score (nSPS) is 16.6. The van der Waals surface area contributed by atoms with Crippen LogP contribution in [-0.4, -0.2) is 17.3 Å². The third-order valence-electron chi connectivity index (χ3n) is 3.78. The van der Waals surface area contributed by atoms with Gasteiger partial charge in [-0.3, -0.25) is 5.84 Å². The summed E-state index contributed by atoms with van der Waals surface area (Å²) in [5.74, 6) is 5.15. The van der Waals surface area contributed by atoms with Gasteiger partial charge < -0.3 is 15.8 Å². The summed E-state index contributed by atoms with van der Waals surface area (Å²) in [5.41, 5.74) is 3.93. The van der Waals surface area contributed by atoms with Gasteiger partial charge in [0, 0.05) is 17.7 Å². The number of benzene rings is 1. The zero-order chi connectivity index (χ0) is 14.0. The SMILES string of the molecule is C=Cc1cc(NN)c(NCC2(O)CCC2)c(C)c1F. The quantitative estimate of drug-likeness (QED) is 0.487. The number of halogens is 1. The van der Waals surface area contributed by atoms with Crippen LogP contribution in [-0.2, 0) is 0 Å². The van der Waals surface area contributed by atoms with E-state index in [4.69, 9.17) is 5.84 Å². The predicted molar refractivity (Wildman–Crippen MR) is 76.3 cm³/mol. The highest BCUT2D eigenvalue weighted by atomic mass is 19.1. The Balaban J connectivity index is 2.27. The van der Waals surface area contributed by atoms with Gasteiger partial charge >= 0.3 is 0 Å². The van der Waals surface area contributed by atoms with Crippen LogP contribution in [0.1, 0.15) is 30.4 Å². The highest BCUT2D eigenvalue weighted by molar-refractivity contribution is 5.76. The molecule has 0 saturated heterocycles. The van der Waals surface area contributed by atoms with Crippen molar-refractivity contribution in [1.82, 2.24) is 0 Å². The van der Waals surface area contributed by atoms with Crippen LogP contribution in [0.4, 0.5) is 15.8 Å². The van der Waals surface area contributed by atoms with Gasteiger partial charge in [-0.1, -0.05) is 12.7 Å². The summed E-state index contributed by atoms with van der Waals surface area (Å²) in [6, 6.07) is 1.60. The van der Waals surface area contributed by atoms with E-state index in [2.05, 4.69) is 17.3 Å². The fourth-order valence-electron chi connectivity index (χ4n) is 2.32. The Labute approximate surface area is 112 Å². The first-order valence-corrected chi connectivity index (χ1v) is 6.39. The van der Waals surface area contributed by atoms with E-state index in [0.717, 1.165) is 19.3 Å². The zero-order valence-corrected chi connectivity index (χ0v) is 11.1. The molecule has 0 radical (unpaired) electrons. The van der Waals surface area contributed by atoms with Crippen molar-refractivity contribution in [3.8, 4) is 0 Å². The summed E-state index contributed by atoms with van der Waals surface area (Å²) in [7, 11) is 0. The van der Waals surface area contributed by atoms with E-state index in [1.54, 1.807) is 13.0 Å². The van der Waals surface area contributed by atoms with Gasteiger partial charge in [-0.25, -0.2) is 4.39 Å². The molecule has 0 heterocycles. The van der Waals surface area contributed by atoms with Gasteiger partial charge in [0.1, 0.15) is 5.82 Å². The Morgan fingerprint density at radius 1 is 1.58 bits per heavy atom. The molecular formula is C14H20FN3O. The topological polar surface area (TPSA) is 70.3 Å². The number of nitrogens with one attached hydrogen (secondary N) is 2. The number of nitrogens with two attached hydrogens (primary N) is 1. The van der Waals surface area contributed by atoms with Crippen molar-refractivity contribution >= 4 is 17.5 Å². The molecule has 0 spiro atoms. The van der Waals surface area contributed by atoms with E-state index in [1.165, 1.54) is 6.08 Å². The van der Waals surface area contributed by atoms with Crippen LogP contribution in [0.25, 0.3) is 6.08 Å². The van der Waals surface area contributed by atoms with Crippen LogP contribution >= 0.6 is 0 Å². The molecule has 1 fully saturated rings. The van der Waals surface area contributed by atoms with E-state index in [-0.39, 0.29) is 5.82 Å². The zero-order valence-electron chi connectivity index (χ0n) is 11.1. The summed E-state index contributed by atoms with van der Waals surface area (Å²) in [5, 5.41) is 13.2.